The van der Waals surface area contributed by atoms with Crippen molar-refractivity contribution in [3.8, 4) is 0 Å². The van der Waals surface area contributed by atoms with Gasteiger partial charge in [-0.25, -0.2) is 0 Å². The molecule has 0 aliphatic rings. The van der Waals surface area contributed by atoms with Crippen LogP contribution in [-0.4, -0.2) is 13.3 Å². The number of benzene rings is 1. The monoisotopic (exact) mass is 250 g/mol. The summed E-state index contributed by atoms with van der Waals surface area (Å²) >= 11 is -1.34. The SMILES string of the molecule is C=Cc1ccc(C[CH2][Ge]([CH3])([CH3])[CH3])cc1. The zero-order valence-corrected chi connectivity index (χ0v) is 11.6. The summed E-state index contributed by atoms with van der Waals surface area (Å²) in [5.41, 5.74) is 2.68. The zero-order valence-electron chi connectivity index (χ0n) is 9.51. The van der Waals surface area contributed by atoms with Gasteiger partial charge in [-0.3, -0.25) is 0 Å². The van der Waals surface area contributed by atoms with E-state index in [4.69, 9.17) is 0 Å². The fourth-order valence-electron chi connectivity index (χ4n) is 1.34. The van der Waals surface area contributed by atoms with Crippen LogP contribution in [0.2, 0.25) is 22.5 Å². The molecule has 0 spiro atoms. The number of hydrogen-bond acceptors (Lipinski definition) is 0. The van der Waals surface area contributed by atoms with Gasteiger partial charge in [0.25, 0.3) is 0 Å². The van der Waals surface area contributed by atoms with Crippen molar-refractivity contribution in [2.75, 3.05) is 0 Å². The first kappa shape index (κ1) is 11.6. The minimum absolute atomic E-state index is 1.21. The Kier molecular flexibility index (Phi) is 4.00. The molecule has 14 heavy (non-hydrogen) atoms. The molecular weight excluding hydrogens is 229 g/mol. The predicted octanol–water partition coefficient (Wildman–Crippen LogP) is 4.21. The standard InChI is InChI=1S/C13H20Ge/c1-5-12-6-8-13(9-7-12)10-11-14(2,3)4/h5-9H,1,10-11H2,2-4H3. The molecule has 0 radical (unpaired) electrons. The van der Waals surface area contributed by atoms with Crippen LogP contribution in [-0.2, 0) is 6.42 Å². The van der Waals surface area contributed by atoms with E-state index in [0.29, 0.717) is 0 Å². The van der Waals surface area contributed by atoms with Crippen LogP contribution in [0.4, 0.5) is 0 Å². The fraction of sp³-hybridized carbons (Fsp3) is 0.385. The molecule has 0 N–H and O–H groups in total. The van der Waals surface area contributed by atoms with Gasteiger partial charge in [-0.15, -0.1) is 0 Å². The van der Waals surface area contributed by atoms with Gasteiger partial charge in [0.15, 0.2) is 0 Å². The van der Waals surface area contributed by atoms with E-state index in [9.17, 15) is 0 Å². The average Bonchev–Trinajstić information content (AvgIpc) is 2.14. The van der Waals surface area contributed by atoms with Crippen LogP contribution in [0.15, 0.2) is 30.8 Å². The van der Waals surface area contributed by atoms with Gasteiger partial charge in [-0.2, -0.15) is 0 Å². The molecule has 1 aromatic carbocycles. The van der Waals surface area contributed by atoms with Gasteiger partial charge < -0.3 is 0 Å². The molecule has 0 atom stereocenters. The Morgan fingerprint density at radius 2 is 1.71 bits per heavy atom. The Hall–Kier alpha value is -0.497. The first-order valence-electron chi connectivity index (χ1n) is 5.23. The molecule has 0 unspecified atom stereocenters. The van der Waals surface area contributed by atoms with Crippen LogP contribution in [0, 0.1) is 0 Å². The number of rotatable bonds is 4. The normalized spacial score (nSPS) is 11.4. The number of aryl methyl sites for hydroxylation is 1. The van der Waals surface area contributed by atoms with E-state index in [0.717, 1.165) is 0 Å². The zero-order chi connectivity index (χ0) is 10.6. The third kappa shape index (κ3) is 4.14. The molecule has 0 nitrogen and oxygen atoms in total. The van der Waals surface area contributed by atoms with Gasteiger partial charge in [-0.05, 0) is 0 Å². The van der Waals surface area contributed by atoms with Gasteiger partial charge >= 0.3 is 90.3 Å². The van der Waals surface area contributed by atoms with E-state index in [1.54, 1.807) is 0 Å². The molecular formula is C13H20Ge. The molecule has 0 aliphatic carbocycles. The van der Waals surface area contributed by atoms with Gasteiger partial charge in [-0.1, -0.05) is 0 Å². The molecule has 1 heteroatoms. The molecule has 0 aliphatic heterocycles. The van der Waals surface area contributed by atoms with E-state index >= 15 is 0 Å². The molecule has 0 bridgehead atoms. The Balaban J connectivity index is 2.56. The van der Waals surface area contributed by atoms with Crippen LogP contribution < -0.4 is 0 Å². The Labute approximate surface area is 90.4 Å². The summed E-state index contributed by atoms with van der Waals surface area (Å²) < 4.78 is 0. The van der Waals surface area contributed by atoms with Gasteiger partial charge in [0.05, 0.1) is 0 Å². The second kappa shape index (κ2) is 4.83. The number of hydrogen-bond donors (Lipinski definition) is 0. The van der Waals surface area contributed by atoms with Crippen LogP contribution in [0.5, 0.6) is 0 Å². The average molecular weight is 249 g/mol. The molecule has 0 fully saturated rings. The molecule has 1 aromatic rings. The van der Waals surface area contributed by atoms with Gasteiger partial charge in [0.2, 0.25) is 0 Å². The topological polar surface area (TPSA) is 0 Å². The minimum atomic E-state index is -1.34. The molecule has 0 amide bonds. The molecule has 0 heterocycles. The fourth-order valence-corrected chi connectivity index (χ4v) is 3.52. The summed E-state index contributed by atoms with van der Waals surface area (Å²) in [6, 6.07) is 8.76. The second-order valence-electron chi connectivity index (χ2n) is 5.01. The Bertz CT molecular complexity index is 290. The summed E-state index contributed by atoms with van der Waals surface area (Å²) in [7, 11) is 0. The third-order valence-corrected chi connectivity index (χ3v) is 6.05. The molecule has 0 aromatic heterocycles. The van der Waals surface area contributed by atoms with Crippen LogP contribution in [0.25, 0.3) is 6.08 Å². The van der Waals surface area contributed by atoms with Crippen molar-refractivity contribution >= 4 is 19.3 Å². The van der Waals surface area contributed by atoms with Crippen molar-refractivity contribution in [2.45, 2.75) is 28.9 Å². The van der Waals surface area contributed by atoms with Crippen molar-refractivity contribution < 1.29 is 0 Å². The molecule has 1 rings (SSSR count). The summed E-state index contributed by atoms with van der Waals surface area (Å²) in [5, 5.41) is 1.42. The second-order valence-corrected chi connectivity index (χ2v) is 16.8. The van der Waals surface area contributed by atoms with E-state index in [1.165, 1.54) is 22.8 Å². The Morgan fingerprint density at radius 1 is 1.14 bits per heavy atom. The van der Waals surface area contributed by atoms with Crippen molar-refractivity contribution in [1.29, 1.82) is 0 Å². The van der Waals surface area contributed by atoms with Crippen LogP contribution >= 0.6 is 0 Å². The summed E-state index contributed by atoms with van der Waals surface area (Å²) in [5.74, 6) is 7.41. The van der Waals surface area contributed by atoms with Crippen LogP contribution in [0.3, 0.4) is 0 Å². The van der Waals surface area contributed by atoms with Crippen molar-refractivity contribution in [2.24, 2.45) is 0 Å². The van der Waals surface area contributed by atoms with E-state index in [-0.39, 0.29) is 0 Å². The van der Waals surface area contributed by atoms with Crippen molar-refractivity contribution in [3.05, 3.63) is 42.0 Å². The first-order valence-corrected chi connectivity index (χ1v) is 13.0. The maximum atomic E-state index is 3.76. The quantitative estimate of drug-likeness (QED) is 0.701. The Morgan fingerprint density at radius 3 is 2.14 bits per heavy atom. The van der Waals surface area contributed by atoms with E-state index < -0.39 is 13.3 Å². The van der Waals surface area contributed by atoms with Gasteiger partial charge in [0.1, 0.15) is 0 Å². The molecule has 76 valence electrons. The summed E-state index contributed by atoms with van der Waals surface area (Å²) in [4.78, 5) is 0. The van der Waals surface area contributed by atoms with Crippen molar-refractivity contribution in [3.63, 3.8) is 0 Å². The predicted molar refractivity (Wildman–Crippen MR) is 68.4 cm³/mol. The third-order valence-electron chi connectivity index (χ3n) is 2.38. The van der Waals surface area contributed by atoms with Crippen LogP contribution in [0.1, 0.15) is 11.1 Å². The molecule has 0 saturated carbocycles. The molecule has 0 saturated heterocycles. The summed E-state index contributed by atoms with van der Waals surface area (Å²) in [6.07, 6.45) is 3.15. The van der Waals surface area contributed by atoms with E-state index in [2.05, 4.69) is 48.1 Å². The van der Waals surface area contributed by atoms with E-state index in [1.807, 2.05) is 6.08 Å². The maximum absolute atomic E-state index is 3.76. The van der Waals surface area contributed by atoms with Gasteiger partial charge in [0, 0.05) is 0 Å². The summed E-state index contributed by atoms with van der Waals surface area (Å²) in [6.45, 7) is 3.76. The van der Waals surface area contributed by atoms with Crippen molar-refractivity contribution in [1.82, 2.24) is 0 Å². The first-order chi connectivity index (χ1) is 6.51.